The quantitative estimate of drug-likeness (QED) is 0.624. The van der Waals surface area contributed by atoms with Crippen LogP contribution in [0.5, 0.6) is 0 Å². The average Bonchev–Trinajstić information content (AvgIpc) is 2.65. The molecular weight excluding hydrogens is 334 g/mol. The predicted molar refractivity (Wildman–Crippen MR) is 112 cm³/mol. The summed E-state index contributed by atoms with van der Waals surface area (Å²) < 4.78 is 6.95. The fraction of sp³-hybridized carbons (Fsp3) is 0.435. The smallest absolute Gasteiger partial charge is 0.261 e. The lowest BCUT2D eigenvalue weighted by molar-refractivity contribution is 0.224. The van der Waals surface area contributed by atoms with Crippen LogP contribution in [0.25, 0.3) is 0 Å². The van der Waals surface area contributed by atoms with Crippen LogP contribution in [-0.2, 0) is 4.43 Å². The van der Waals surface area contributed by atoms with E-state index < -0.39 is 8.32 Å². The molecule has 0 amide bonds. The highest BCUT2D eigenvalue weighted by molar-refractivity contribution is 6.99. The predicted octanol–water partition coefficient (Wildman–Crippen LogP) is 4.89. The number of hydrogen-bond donors (Lipinski definition) is 0. The Labute approximate surface area is 160 Å². The maximum atomic E-state index is 8.94. The van der Waals surface area contributed by atoms with Gasteiger partial charge in [-0.1, -0.05) is 94.8 Å². The Kier molecular flexibility index (Phi) is 7.20. The Morgan fingerprint density at radius 1 is 0.962 bits per heavy atom. The van der Waals surface area contributed by atoms with Crippen LogP contribution in [0.2, 0.25) is 5.04 Å². The highest BCUT2D eigenvalue weighted by Gasteiger charge is 2.50. The number of nitrogens with zero attached hydrogens (tertiary/aromatic N) is 1. The Balaban J connectivity index is 2.49. The van der Waals surface area contributed by atoms with Crippen LogP contribution in [0.3, 0.4) is 0 Å². The van der Waals surface area contributed by atoms with Gasteiger partial charge in [-0.3, -0.25) is 0 Å². The van der Waals surface area contributed by atoms with Gasteiger partial charge in [-0.25, -0.2) is 0 Å². The molecule has 0 saturated carbocycles. The van der Waals surface area contributed by atoms with Crippen molar-refractivity contribution in [3.05, 3.63) is 60.7 Å². The van der Waals surface area contributed by atoms with Gasteiger partial charge < -0.3 is 4.43 Å². The molecule has 0 aliphatic heterocycles. The Morgan fingerprint density at radius 3 is 1.85 bits per heavy atom. The first-order valence-corrected chi connectivity index (χ1v) is 11.5. The maximum Gasteiger partial charge on any atom is 0.261 e. The van der Waals surface area contributed by atoms with Crippen molar-refractivity contribution in [2.24, 2.45) is 5.92 Å². The molecule has 3 heteroatoms. The topological polar surface area (TPSA) is 33.0 Å². The van der Waals surface area contributed by atoms with Gasteiger partial charge in [0.15, 0.2) is 0 Å². The summed E-state index contributed by atoms with van der Waals surface area (Å²) in [5, 5.41) is 11.6. The van der Waals surface area contributed by atoms with Crippen molar-refractivity contribution >= 4 is 18.7 Å². The average molecular weight is 366 g/mol. The van der Waals surface area contributed by atoms with Crippen LogP contribution >= 0.6 is 0 Å². The van der Waals surface area contributed by atoms with Gasteiger partial charge in [0.2, 0.25) is 0 Å². The summed E-state index contributed by atoms with van der Waals surface area (Å²) in [7, 11) is -2.45. The second kappa shape index (κ2) is 9.16. The molecule has 0 unspecified atom stereocenters. The first-order chi connectivity index (χ1) is 12.5. The lowest BCUT2D eigenvalue weighted by Gasteiger charge is -2.43. The molecule has 0 bridgehead atoms. The molecule has 2 aromatic carbocycles. The van der Waals surface area contributed by atoms with Gasteiger partial charge in [0, 0.05) is 13.0 Å². The molecule has 26 heavy (non-hydrogen) atoms. The number of nitriles is 1. The molecule has 1 atom stereocenters. The van der Waals surface area contributed by atoms with E-state index in [4.69, 9.17) is 9.69 Å². The first kappa shape index (κ1) is 20.4. The van der Waals surface area contributed by atoms with Crippen LogP contribution in [0, 0.1) is 17.2 Å². The number of hydrogen-bond acceptors (Lipinski definition) is 2. The summed E-state index contributed by atoms with van der Waals surface area (Å²) in [5.74, 6) is 0.427. The van der Waals surface area contributed by atoms with Crippen LogP contribution in [0.4, 0.5) is 0 Å². The molecule has 138 valence electrons. The summed E-state index contributed by atoms with van der Waals surface area (Å²) in [6.07, 6.45) is 2.55. The van der Waals surface area contributed by atoms with E-state index in [1.165, 1.54) is 10.4 Å². The minimum atomic E-state index is -2.45. The molecule has 0 aromatic heterocycles. The van der Waals surface area contributed by atoms with Gasteiger partial charge in [0.25, 0.3) is 8.32 Å². The van der Waals surface area contributed by atoms with Gasteiger partial charge in [-0.2, -0.15) is 5.26 Å². The van der Waals surface area contributed by atoms with E-state index in [0.29, 0.717) is 18.9 Å². The maximum absolute atomic E-state index is 8.94. The van der Waals surface area contributed by atoms with Crippen LogP contribution < -0.4 is 10.4 Å². The van der Waals surface area contributed by atoms with Crippen LogP contribution in [0.1, 0.15) is 47.0 Å². The molecule has 0 fully saturated rings. The molecule has 2 aromatic rings. The zero-order valence-corrected chi connectivity index (χ0v) is 17.5. The van der Waals surface area contributed by atoms with E-state index >= 15 is 0 Å². The molecular formula is C23H31NOSi. The highest BCUT2D eigenvalue weighted by Crippen LogP contribution is 2.37. The van der Waals surface area contributed by atoms with Crippen LogP contribution in [0.15, 0.2) is 60.7 Å². The summed E-state index contributed by atoms with van der Waals surface area (Å²) >= 11 is 0. The third kappa shape index (κ3) is 4.44. The van der Waals surface area contributed by atoms with Crippen molar-refractivity contribution in [1.82, 2.24) is 0 Å². The van der Waals surface area contributed by atoms with Crippen molar-refractivity contribution in [3.8, 4) is 6.07 Å². The Bertz CT molecular complexity index is 661. The molecule has 0 spiro atoms. The summed E-state index contributed by atoms with van der Waals surface area (Å²) in [4.78, 5) is 0. The molecule has 0 N–H and O–H groups in total. The highest BCUT2D eigenvalue weighted by atomic mass is 28.4. The van der Waals surface area contributed by atoms with Crippen molar-refractivity contribution in [2.45, 2.75) is 52.0 Å². The van der Waals surface area contributed by atoms with Crippen molar-refractivity contribution < 1.29 is 4.43 Å². The third-order valence-electron chi connectivity index (χ3n) is 5.19. The molecule has 0 saturated heterocycles. The normalized spacial score (nSPS) is 13.2. The fourth-order valence-electron chi connectivity index (χ4n) is 3.68. The van der Waals surface area contributed by atoms with Gasteiger partial charge in [0.1, 0.15) is 0 Å². The standard InChI is InChI=1S/C23H31NOSi/c1-5-20(13-12-18-24)19-25-26(23(2,3)4,21-14-8-6-9-15-21)22-16-10-7-11-17-22/h6-11,14-17,20H,5,12-13,19H2,1-4H3/t20-/m1/s1. The minimum Gasteiger partial charge on any atom is -0.407 e. The Morgan fingerprint density at radius 2 is 1.46 bits per heavy atom. The fourth-order valence-corrected chi connectivity index (χ4v) is 8.32. The van der Waals surface area contributed by atoms with E-state index in [-0.39, 0.29) is 5.04 Å². The summed E-state index contributed by atoms with van der Waals surface area (Å²) in [6.45, 7) is 9.81. The minimum absolute atomic E-state index is 0.00320. The van der Waals surface area contributed by atoms with Crippen molar-refractivity contribution in [1.29, 1.82) is 5.26 Å². The van der Waals surface area contributed by atoms with E-state index in [0.717, 1.165) is 12.8 Å². The zero-order valence-electron chi connectivity index (χ0n) is 16.5. The third-order valence-corrected chi connectivity index (χ3v) is 10.2. The zero-order chi connectivity index (χ0) is 19.0. The lowest BCUT2D eigenvalue weighted by Crippen LogP contribution is -2.66. The molecule has 0 aliphatic rings. The van der Waals surface area contributed by atoms with Gasteiger partial charge in [0.05, 0.1) is 6.07 Å². The SMILES string of the molecule is CC[C@H](CCC#N)CO[Si](c1ccccc1)(c1ccccc1)C(C)(C)C. The van der Waals surface area contributed by atoms with Crippen molar-refractivity contribution in [2.75, 3.05) is 6.61 Å². The molecule has 0 aliphatic carbocycles. The van der Waals surface area contributed by atoms with E-state index in [1.807, 2.05) is 0 Å². The molecule has 2 nitrogen and oxygen atoms in total. The largest absolute Gasteiger partial charge is 0.407 e. The first-order valence-electron chi connectivity index (χ1n) is 9.57. The summed E-state index contributed by atoms with van der Waals surface area (Å²) in [5.41, 5.74) is 0. The summed E-state index contributed by atoms with van der Waals surface area (Å²) in [6, 6.07) is 23.8. The molecule has 2 rings (SSSR count). The number of benzene rings is 2. The van der Waals surface area contributed by atoms with E-state index in [1.54, 1.807) is 0 Å². The monoisotopic (exact) mass is 365 g/mol. The second-order valence-corrected chi connectivity index (χ2v) is 12.3. The van der Waals surface area contributed by atoms with Gasteiger partial charge in [-0.05, 0) is 27.8 Å². The van der Waals surface area contributed by atoms with E-state index in [9.17, 15) is 0 Å². The molecule has 0 heterocycles. The van der Waals surface area contributed by atoms with Crippen molar-refractivity contribution in [3.63, 3.8) is 0 Å². The molecule has 0 radical (unpaired) electrons. The Hall–Kier alpha value is -1.89. The van der Waals surface area contributed by atoms with E-state index in [2.05, 4.69) is 94.4 Å². The number of rotatable bonds is 8. The van der Waals surface area contributed by atoms with Crippen LogP contribution in [-0.4, -0.2) is 14.9 Å². The lowest BCUT2D eigenvalue weighted by atomic mass is 10.0. The van der Waals surface area contributed by atoms with Gasteiger partial charge >= 0.3 is 0 Å². The second-order valence-electron chi connectivity index (χ2n) is 7.95. The van der Waals surface area contributed by atoms with Gasteiger partial charge in [-0.15, -0.1) is 0 Å².